The Bertz CT molecular complexity index is 929. The van der Waals surface area contributed by atoms with Crippen molar-refractivity contribution in [1.82, 2.24) is 10.8 Å². The van der Waals surface area contributed by atoms with Crippen molar-refractivity contribution in [3.8, 4) is 11.1 Å². The number of hydrogen-bond acceptors (Lipinski definition) is 4. The third-order valence-electron chi connectivity index (χ3n) is 4.72. The van der Waals surface area contributed by atoms with Gasteiger partial charge in [0.15, 0.2) is 0 Å². The van der Waals surface area contributed by atoms with E-state index in [4.69, 9.17) is 0 Å². The Labute approximate surface area is 172 Å². The fourth-order valence-corrected chi connectivity index (χ4v) is 3.30. The molecule has 0 aromatic carbocycles. The van der Waals surface area contributed by atoms with Crippen LogP contribution >= 0.6 is 0 Å². The number of amides is 2. The van der Waals surface area contributed by atoms with Gasteiger partial charge in [0.25, 0.3) is 0 Å². The van der Waals surface area contributed by atoms with Crippen LogP contribution in [0.15, 0.2) is 30.3 Å². The number of aryl methyl sites for hydroxylation is 1. The van der Waals surface area contributed by atoms with Crippen molar-refractivity contribution in [2.24, 2.45) is 0 Å². The molecule has 0 aromatic heterocycles. The fraction of sp³-hybridized carbons (Fsp3) is 0.391. The molecule has 4 N–H and O–H groups in total. The van der Waals surface area contributed by atoms with Crippen molar-refractivity contribution in [3.05, 3.63) is 47.0 Å². The first-order chi connectivity index (χ1) is 13.4. The summed E-state index contributed by atoms with van der Waals surface area (Å²) in [5.41, 5.74) is 7.52. The molecule has 0 aromatic rings. The molecule has 6 heteroatoms. The second kappa shape index (κ2) is 8.76. The minimum atomic E-state index is -0.775. The third-order valence-corrected chi connectivity index (χ3v) is 4.72. The van der Waals surface area contributed by atoms with Gasteiger partial charge in [-0.05, 0) is 55.5 Å². The molecule has 0 saturated carbocycles. The van der Waals surface area contributed by atoms with Gasteiger partial charge in [-0.25, -0.2) is 0 Å². The molecule has 0 radical (unpaired) electrons. The van der Waals surface area contributed by atoms with Gasteiger partial charge in [0.05, 0.1) is 5.54 Å². The monoisotopic (exact) mass is 397 g/mol. The van der Waals surface area contributed by atoms with Gasteiger partial charge in [0.1, 0.15) is 0 Å². The van der Waals surface area contributed by atoms with E-state index in [1.165, 1.54) is 13.8 Å². The summed E-state index contributed by atoms with van der Waals surface area (Å²) in [6, 6.07) is 8.11. The zero-order valence-corrected chi connectivity index (χ0v) is 18.2. The first-order valence-electron chi connectivity index (χ1n) is 9.72. The molecule has 156 valence electrons. The van der Waals surface area contributed by atoms with Crippen molar-refractivity contribution < 1.29 is 14.8 Å². The number of carbonyl (C=O) groups is 2. The van der Waals surface area contributed by atoms with Gasteiger partial charge in [-0.3, -0.25) is 9.59 Å². The quantitative estimate of drug-likeness (QED) is 0.543. The molecule has 2 amide bonds. The van der Waals surface area contributed by atoms with Crippen LogP contribution < -0.4 is 16.1 Å². The van der Waals surface area contributed by atoms with Crippen molar-refractivity contribution >= 4 is 23.2 Å². The molecular weight excluding hydrogens is 366 g/mol. The minimum Gasteiger partial charge on any atom is -0.326 e. The molecule has 0 spiro atoms. The van der Waals surface area contributed by atoms with Gasteiger partial charge in [0.2, 0.25) is 11.8 Å². The van der Waals surface area contributed by atoms with Crippen LogP contribution in [0.25, 0.3) is 16.8 Å². The maximum Gasteiger partial charge on any atom is 0.221 e. The van der Waals surface area contributed by atoms with Crippen LogP contribution in [0.3, 0.4) is 0 Å². The molecule has 2 aliphatic rings. The molecule has 0 fully saturated rings. The van der Waals surface area contributed by atoms with Gasteiger partial charge >= 0.3 is 0 Å². The first kappa shape index (κ1) is 22.6. The van der Waals surface area contributed by atoms with Gasteiger partial charge in [0, 0.05) is 36.4 Å². The van der Waals surface area contributed by atoms with E-state index >= 15 is 0 Å². The minimum absolute atomic E-state index is 0.166. The first-order valence-corrected chi connectivity index (χ1v) is 9.72. The molecule has 2 rings (SSSR count). The summed E-state index contributed by atoms with van der Waals surface area (Å²) in [6.07, 6.45) is 1.76. The number of hydrogen-bond donors (Lipinski definition) is 4. The molecule has 29 heavy (non-hydrogen) atoms. The number of nitrogens with one attached hydrogen (secondary N) is 3. The molecule has 0 saturated heterocycles. The van der Waals surface area contributed by atoms with E-state index in [-0.39, 0.29) is 11.8 Å². The van der Waals surface area contributed by atoms with Gasteiger partial charge < -0.3 is 15.8 Å². The summed E-state index contributed by atoms with van der Waals surface area (Å²) >= 11 is 0. The Morgan fingerprint density at radius 3 is 2.28 bits per heavy atom. The zero-order chi connectivity index (χ0) is 21.9. The lowest BCUT2D eigenvalue weighted by atomic mass is 9.97. The van der Waals surface area contributed by atoms with Gasteiger partial charge in [-0.15, -0.1) is 0 Å². The summed E-state index contributed by atoms with van der Waals surface area (Å²) < 4.78 is 0. The Kier molecular flexibility index (Phi) is 6.82. The van der Waals surface area contributed by atoms with Gasteiger partial charge in [-0.1, -0.05) is 32.0 Å². The third kappa shape index (κ3) is 5.43. The van der Waals surface area contributed by atoms with Crippen molar-refractivity contribution in [2.75, 3.05) is 5.32 Å². The van der Waals surface area contributed by atoms with Crippen molar-refractivity contribution in [2.45, 2.75) is 59.9 Å². The molecule has 0 heterocycles. The second-order valence-corrected chi connectivity index (χ2v) is 8.33. The number of hydroxylamine groups is 1. The smallest absolute Gasteiger partial charge is 0.221 e. The summed E-state index contributed by atoms with van der Waals surface area (Å²) in [4.78, 5) is 23.7. The van der Waals surface area contributed by atoms with Gasteiger partial charge in [-0.2, -0.15) is 5.48 Å². The summed E-state index contributed by atoms with van der Waals surface area (Å²) in [5.74, 6) is -0.0805. The molecular formula is C23H31N3O3. The number of fused-ring (bicyclic) bond motifs is 1. The maximum absolute atomic E-state index is 11.9. The lowest BCUT2D eigenvalue weighted by Gasteiger charge is -2.21. The molecule has 0 atom stereocenters. The van der Waals surface area contributed by atoms with Crippen molar-refractivity contribution in [1.29, 1.82) is 0 Å². The lowest BCUT2D eigenvalue weighted by molar-refractivity contribution is -0.118. The SMILES string of the molecule is CC(=O)NC(=CC(C)(C)NO)c1cc(NC(C)=O)c2c(C)ccc(C(C)C)cc1-2. The summed E-state index contributed by atoms with van der Waals surface area (Å²) in [7, 11) is 0. The Hall–Kier alpha value is -2.70. The molecule has 6 nitrogen and oxygen atoms in total. The summed E-state index contributed by atoms with van der Waals surface area (Å²) in [6.45, 7) is 12.7. The average Bonchev–Trinajstić information content (AvgIpc) is 2.83. The van der Waals surface area contributed by atoms with Crippen LogP contribution in [0, 0.1) is 6.92 Å². The highest BCUT2D eigenvalue weighted by Gasteiger charge is 2.24. The van der Waals surface area contributed by atoms with Crippen LogP contribution in [0.2, 0.25) is 0 Å². The highest BCUT2D eigenvalue weighted by molar-refractivity contribution is 6.02. The Morgan fingerprint density at radius 2 is 1.76 bits per heavy atom. The average molecular weight is 398 g/mol. The van der Waals surface area contributed by atoms with E-state index < -0.39 is 5.54 Å². The van der Waals surface area contributed by atoms with Crippen LogP contribution in [0.5, 0.6) is 0 Å². The second-order valence-electron chi connectivity index (χ2n) is 8.33. The molecule has 0 unspecified atom stereocenters. The van der Waals surface area contributed by atoms with Crippen LogP contribution in [0.4, 0.5) is 5.69 Å². The Morgan fingerprint density at radius 1 is 1.10 bits per heavy atom. The number of anilines is 1. The van der Waals surface area contributed by atoms with Crippen LogP contribution in [0.1, 0.15) is 64.2 Å². The normalized spacial score (nSPS) is 12.4. The molecule has 2 aliphatic carbocycles. The number of carbonyl (C=O) groups excluding carboxylic acids is 2. The molecule has 0 bridgehead atoms. The fourth-order valence-electron chi connectivity index (χ4n) is 3.30. The summed E-state index contributed by atoms with van der Waals surface area (Å²) in [5, 5.41) is 15.3. The van der Waals surface area contributed by atoms with Crippen LogP contribution in [-0.2, 0) is 9.59 Å². The van der Waals surface area contributed by atoms with E-state index in [1.807, 2.05) is 19.1 Å². The predicted molar refractivity (Wildman–Crippen MR) is 117 cm³/mol. The predicted octanol–water partition coefficient (Wildman–Crippen LogP) is 4.42. The highest BCUT2D eigenvalue weighted by Crippen LogP contribution is 2.42. The standard InChI is InChI=1S/C23H31N3O3/c1-13(2)17-9-8-14(3)22-19(10-17)18(11-20(22)24-15(4)27)21(25-16(5)28)12-23(6,7)26-29/h8-13,26,29H,1-7H3,(H,24,27)(H,25,28). The van der Waals surface area contributed by atoms with E-state index in [1.54, 1.807) is 19.9 Å². The van der Waals surface area contributed by atoms with E-state index in [9.17, 15) is 14.8 Å². The highest BCUT2D eigenvalue weighted by atomic mass is 16.5. The Balaban J connectivity index is 2.87. The van der Waals surface area contributed by atoms with Crippen LogP contribution in [-0.4, -0.2) is 22.6 Å². The number of rotatable bonds is 6. The van der Waals surface area contributed by atoms with Crippen molar-refractivity contribution in [3.63, 3.8) is 0 Å². The van der Waals surface area contributed by atoms with E-state index in [2.05, 4.69) is 42.1 Å². The topological polar surface area (TPSA) is 90.5 Å². The largest absolute Gasteiger partial charge is 0.326 e. The zero-order valence-electron chi connectivity index (χ0n) is 18.2. The lowest BCUT2D eigenvalue weighted by Crippen LogP contribution is -2.36. The molecule has 0 aliphatic heterocycles. The van der Waals surface area contributed by atoms with E-state index in [0.717, 1.165) is 27.8 Å². The maximum atomic E-state index is 11.9. The van der Waals surface area contributed by atoms with E-state index in [0.29, 0.717) is 17.3 Å².